The molecule has 0 aromatic carbocycles. The van der Waals surface area contributed by atoms with Gasteiger partial charge in [0.1, 0.15) is 0 Å². The van der Waals surface area contributed by atoms with Gasteiger partial charge in [0.2, 0.25) is 0 Å². The van der Waals surface area contributed by atoms with E-state index in [1.807, 2.05) is 0 Å². The molecule has 1 saturated heterocycles. The molecule has 1 heterocycles. The van der Waals surface area contributed by atoms with Crippen LogP contribution in [0.5, 0.6) is 0 Å². The molecular formula is C10H18O6S. The fourth-order valence-electron chi connectivity index (χ4n) is 1.76. The summed E-state index contributed by atoms with van der Waals surface area (Å²) in [6, 6.07) is 0. The van der Waals surface area contributed by atoms with Gasteiger partial charge in [0, 0.05) is 13.2 Å². The van der Waals surface area contributed by atoms with Crippen LogP contribution in [-0.2, 0) is 28.6 Å². The van der Waals surface area contributed by atoms with Crippen LogP contribution in [0.25, 0.3) is 0 Å². The van der Waals surface area contributed by atoms with Crippen molar-refractivity contribution < 1.29 is 26.9 Å². The van der Waals surface area contributed by atoms with Gasteiger partial charge in [-0.05, 0) is 19.8 Å². The largest absolute Gasteiger partial charge is 0.466 e. The molecule has 0 spiro atoms. The second-order valence-corrected chi connectivity index (χ2v) is 5.49. The minimum absolute atomic E-state index is 0.266. The average Bonchev–Trinajstić information content (AvgIpc) is 2.41. The third-order valence-electron chi connectivity index (χ3n) is 2.46. The van der Waals surface area contributed by atoms with Crippen molar-refractivity contribution in [3.05, 3.63) is 0 Å². The fourth-order valence-corrected chi connectivity index (χ4v) is 2.44. The van der Waals surface area contributed by atoms with Gasteiger partial charge in [-0.15, -0.1) is 0 Å². The molecule has 0 aliphatic carbocycles. The van der Waals surface area contributed by atoms with Crippen LogP contribution in [0.4, 0.5) is 0 Å². The van der Waals surface area contributed by atoms with Gasteiger partial charge < -0.3 is 9.47 Å². The van der Waals surface area contributed by atoms with Crippen LogP contribution in [0.1, 0.15) is 19.8 Å². The Morgan fingerprint density at radius 2 is 2.00 bits per heavy atom. The molecule has 1 fully saturated rings. The average molecular weight is 266 g/mol. The topological polar surface area (TPSA) is 78.9 Å². The van der Waals surface area contributed by atoms with E-state index >= 15 is 0 Å². The van der Waals surface area contributed by atoms with Crippen molar-refractivity contribution in [3.8, 4) is 0 Å². The first-order valence-corrected chi connectivity index (χ1v) is 7.38. The lowest BCUT2D eigenvalue weighted by molar-refractivity contribution is -0.151. The summed E-state index contributed by atoms with van der Waals surface area (Å²) >= 11 is 0. The Morgan fingerprint density at radius 3 is 2.59 bits per heavy atom. The maximum absolute atomic E-state index is 11.7. The van der Waals surface area contributed by atoms with E-state index < -0.39 is 28.1 Å². The molecule has 6 nitrogen and oxygen atoms in total. The van der Waals surface area contributed by atoms with E-state index in [2.05, 4.69) is 0 Å². The van der Waals surface area contributed by atoms with Crippen molar-refractivity contribution in [2.45, 2.75) is 25.9 Å². The molecule has 1 rings (SSSR count). The summed E-state index contributed by atoms with van der Waals surface area (Å²) in [4.78, 5) is 11.7. The smallest absolute Gasteiger partial charge is 0.311 e. The first kappa shape index (κ1) is 14.4. The minimum atomic E-state index is -3.58. The van der Waals surface area contributed by atoms with Crippen molar-refractivity contribution in [2.75, 3.05) is 26.1 Å². The molecule has 17 heavy (non-hydrogen) atoms. The summed E-state index contributed by atoms with van der Waals surface area (Å²) in [6.07, 6.45) is 1.07. The van der Waals surface area contributed by atoms with E-state index in [1.165, 1.54) is 0 Å². The molecule has 0 saturated carbocycles. The maximum Gasteiger partial charge on any atom is 0.311 e. The summed E-state index contributed by atoms with van der Waals surface area (Å²) in [5.74, 6) is -1.00. The molecule has 2 unspecified atom stereocenters. The highest BCUT2D eigenvalue weighted by molar-refractivity contribution is 7.86. The maximum atomic E-state index is 11.7. The third kappa shape index (κ3) is 5.01. The van der Waals surface area contributed by atoms with Gasteiger partial charge in [0.15, 0.2) is 0 Å². The predicted octanol–water partition coefficient (Wildman–Crippen LogP) is 0.321. The van der Waals surface area contributed by atoms with Gasteiger partial charge in [-0.2, -0.15) is 8.42 Å². The predicted molar refractivity (Wildman–Crippen MR) is 59.9 cm³/mol. The Bertz CT molecular complexity index is 350. The summed E-state index contributed by atoms with van der Waals surface area (Å²) in [7, 11) is -3.58. The number of hydrogen-bond donors (Lipinski definition) is 0. The standard InChI is InChI=1S/C10H18O6S/c1-3-15-10(11)8-4-6-14-7-5-9(8)16-17(2,12)13/h8-9H,3-7H2,1-2H3. The van der Waals surface area contributed by atoms with Gasteiger partial charge >= 0.3 is 5.97 Å². The Labute approximate surface area is 101 Å². The normalized spacial score (nSPS) is 26.2. The lowest BCUT2D eigenvalue weighted by Gasteiger charge is -2.21. The number of rotatable bonds is 4. The minimum Gasteiger partial charge on any atom is -0.466 e. The Hall–Kier alpha value is -0.660. The highest BCUT2D eigenvalue weighted by atomic mass is 32.2. The van der Waals surface area contributed by atoms with Crippen LogP contribution in [0.3, 0.4) is 0 Å². The first-order valence-electron chi connectivity index (χ1n) is 5.56. The Kier molecular flexibility index (Phi) is 5.35. The van der Waals surface area contributed by atoms with Crippen molar-refractivity contribution in [1.29, 1.82) is 0 Å². The fraction of sp³-hybridized carbons (Fsp3) is 0.900. The highest BCUT2D eigenvalue weighted by Crippen LogP contribution is 2.22. The van der Waals surface area contributed by atoms with E-state index in [-0.39, 0.29) is 6.61 Å². The van der Waals surface area contributed by atoms with Crippen LogP contribution in [0.15, 0.2) is 0 Å². The summed E-state index contributed by atoms with van der Waals surface area (Å²) in [5, 5.41) is 0. The number of esters is 1. The van der Waals surface area contributed by atoms with Crippen molar-refractivity contribution in [1.82, 2.24) is 0 Å². The van der Waals surface area contributed by atoms with E-state index in [9.17, 15) is 13.2 Å². The lowest BCUT2D eigenvalue weighted by atomic mass is 9.98. The molecule has 0 radical (unpaired) electrons. The third-order valence-corrected chi connectivity index (χ3v) is 3.05. The zero-order valence-electron chi connectivity index (χ0n) is 10.0. The zero-order valence-corrected chi connectivity index (χ0v) is 10.9. The van der Waals surface area contributed by atoms with E-state index in [1.54, 1.807) is 6.92 Å². The molecule has 0 bridgehead atoms. The van der Waals surface area contributed by atoms with Crippen molar-refractivity contribution in [3.63, 3.8) is 0 Å². The van der Waals surface area contributed by atoms with Crippen molar-refractivity contribution in [2.24, 2.45) is 5.92 Å². The van der Waals surface area contributed by atoms with Gasteiger partial charge in [0.25, 0.3) is 10.1 Å². The molecule has 1 aliphatic rings. The summed E-state index contributed by atoms with van der Waals surface area (Å²) in [6.45, 7) is 2.77. The van der Waals surface area contributed by atoms with Gasteiger partial charge in [-0.1, -0.05) is 0 Å². The van der Waals surface area contributed by atoms with Crippen LogP contribution in [0.2, 0.25) is 0 Å². The molecule has 0 N–H and O–H groups in total. The van der Waals surface area contributed by atoms with E-state index in [0.717, 1.165) is 6.26 Å². The number of ether oxygens (including phenoxy) is 2. The van der Waals surface area contributed by atoms with Gasteiger partial charge in [0.05, 0.1) is 24.9 Å². The summed E-state index contributed by atoms with van der Waals surface area (Å²) < 4.78 is 37.3. The lowest BCUT2D eigenvalue weighted by Crippen LogP contribution is -2.33. The molecule has 1 aliphatic heterocycles. The molecule has 0 amide bonds. The quantitative estimate of drug-likeness (QED) is 0.538. The molecule has 0 aromatic rings. The Morgan fingerprint density at radius 1 is 1.35 bits per heavy atom. The zero-order chi connectivity index (χ0) is 12.9. The van der Waals surface area contributed by atoms with E-state index in [0.29, 0.717) is 26.1 Å². The Balaban J connectivity index is 2.75. The number of carbonyl (C=O) groups excluding carboxylic acids is 1. The van der Waals surface area contributed by atoms with Crippen LogP contribution < -0.4 is 0 Å². The molecular weight excluding hydrogens is 248 g/mol. The van der Waals surface area contributed by atoms with Gasteiger partial charge in [-0.25, -0.2) is 0 Å². The molecule has 7 heteroatoms. The molecule has 0 aromatic heterocycles. The molecule has 100 valence electrons. The van der Waals surface area contributed by atoms with E-state index in [4.69, 9.17) is 13.7 Å². The SMILES string of the molecule is CCOC(=O)C1CCOCCC1OS(C)(=O)=O. The second kappa shape index (κ2) is 6.32. The van der Waals surface area contributed by atoms with Crippen LogP contribution in [0, 0.1) is 5.92 Å². The van der Waals surface area contributed by atoms with Crippen molar-refractivity contribution >= 4 is 16.1 Å². The first-order chi connectivity index (χ1) is 7.94. The number of hydrogen-bond acceptors (Lipinski definition) is 6. The summed E-state index contributed by atoms with van der Waals surface area (Å²) in [5.41, 5.74) is 0. The monoisotopic (exact) mass is 266 g/mol. The second-order valence-electron chi connectivity index (χ2n) is 3.89. The number of carbonyl (C=O) groups is 1. The molecule has 2 atom stereocenters. The van der Waals surface area contributed by atoms with Gasteiger partial charge in [-0.3, -0.25) is 8.98 Å². The van der Waals surface area contributed by atoms with Crippen LogP contribution >= 0.6 is 0 Å². The van der Waals surface area contributed by atoms with Crippen LogP contribution in [-0.4, -0.2) is 46.6 Å². The highest BCUT2D eigenvalue weighted by Gasteiger charge is 2.34.